The molecule has 40 heavy (non-hydrogen) atoms. The number of esters is 1. The summed E-state index contributed by atoms with van der Waals surface area (Å²) in [6, 6.07) is 20.1. The first-order valence-electron chi connectivity index (χ1n) is 13.0. The maximum Gasteiger partial charge on any atom is 0.338 e. The molecule has 0 radical (unpaired) electrons. The van der Waals surface area contributed by atoms with Crippen molar-refractivity contribution in [2.45, 2.75) is 39.5 Å². The number of anilines is 3. The van der Waals surface area contributed by atoms with Gasteiger partial charge >= 0.3 is 5.97 Å². The van der Waals surface area contributed by atoms with Crippen molar-refractivity contribution in [2.24, 2.45) is 0 Å². The Kier molecular flexibility index (Phi) is 9.01. The second kappa shape index (κ2) is 12.6. The van der Waals surface area contributed by atoms with Crippen LogP contribution in [0.1, 0.15) is 65.8 Å². The molecular weight excluding hydrogens is 530 g/mol. The quantitative estimate of drug-likeness (QED) is 0.168. The van der Waals surface area contributed by atoms with Gasteiger partial charge in [-0.15, -0.1) is 0 Å². The number of benzene rings is 3. The monoisotopic (exact) mass is 559 g/mol. The van der Waals surface area contributed by atoms with E-state index in [1.165, 1.54) is 29.8 Å². The molecule has 4 rings (SSSR count). The van der Waals surface area contributed by atoms with Gasteiger partial charge in [0.05, 0.1) is 17.9 Å². The summed E-state index contributed by atoms with van der Waals surface area (Å²) in [5, 5.41) is 5.49. The SMILES string of the molecule is CCCCOC(=O)c1ccc(N2C(=O)C(Cl)=C(Nc3ccc(C(=O)Nc4ccc(C(C)C)cc4)cc3)C2=O)cc1. The van der Waals surface area contributed by atoms with E-state index in [1.807, 2.05) is 31.2 Å². The van der Waals surface area contributed by atoms with E-state index in [4.69, 9.17) is 16.3 Å². The highest BCUT2D eigenvalue weighted by Gasteiger charge is 2.39. The van der Waals surface area contributed by atoms with Gasteiger partial charge < -0.3 is 15.4 Å². The van der Waals surface area contributed by atoms with E-state index in [9.17, 15) is 19.2 Å². The number of nitrogens with one attached hydrogen (secondary N) is 2. The smallest absolute Gasteiger partial charge is 0.338 e. The Morgan fingerprint density at radius 1 is 0.850 bits per heavy atom. The van der Waals surface area contributed by atoms with Crippen LogP contribution < -0.4 is 15.5 Å². The summed E-state index contributed by atoms with van der Waals surface area (Å²) in [4.78, 5) is 51.7. The number of hydrogen-bond donors (Lipinski definition) is 2. The van der Waals surface area contributed by atoms with E-state index >= 15 is 0 Å². The van der Waals surface area contributed by atoms with Crippen LogP contribution in [0.2, 0.25) is 0 Å². The Labute approximate surface area is 238 Å². The number of carbonyl (C=O) groups is 4. The maximum atomic E-state index is 13.1. The van der Waals surface area contributed by atoms with Crippen LogP contribution in [0.25, 0.3) is 0 Å². The average Bonchev–Trinajstić information content (AvgIpc) is 3.16. The molecule has 9 heteroatoms. The molecule has 0 bridgehead atoms. The van der Waals surface area contributed by atoms with Crippen molar-refractivity contribution in [3.05, 3.63) is 100 Å². The van der Waals surface area contributed by atoms with E-state index in [2.05, 4.69) is 24.5 Å². The van der Waals surface area contributed by atoms with Crippen LogP contribution in [0.3, 0.4) is 0 Å². The summed E-state index contributed by atoms with van der Waals surface area (Å²) in [5.74, 6) is -1.68. The number of unbranched alkanes of at least 4 members (excludes halogenated alkanes) is 1. The first-order valence-corrected chi connectivity index (χ1v) is 13.4. The summed E-state index contributed by atoms with van der Waals surface area (Å²) in [5.41, 5.74) is 3.25. The molecule has 0 atom stereocenters. The molecule has 3 amide bonds. The number of carbonyl (C=O) groups excluding carboxylic acids is 4. The average molecular weight is 560 g/mol. The van der Waals surface area contributed by atoms with E-state index in [0.29, 0.717) is 35.0 Å². The number of rotatable bonds is 10. The van der Waals surface area contributed by atoms with Gasteiger partial charge in [-0.2, -0.15) is 0 Å². The van der Waals surface area contributed by atoms with Crippen molar-refractivity contribution in [3.63, 3.8) is 0 Å². The highest BCUT2D eigenvalue weighted by atomic mass is 35.5. The molecule has 1 heterocycles. The molecule has 0 unspecified atom stereocenters. The molecule has 8 nitrogen and oxygen atoms in total. The fraction of sp³-hybridized carbons (Fsp3) is 0.226. The molecule has 0 saturated heterocycles. The molecule has 0 spiro atoms. The van der Waals surface area contributed by atoms with Crippen LogP contribution in [0, 0.1) is 0 Å². The Morgan fingerprint density at radius 3 is 2.05 bits per heavy atom. The normalized spacial score (nSPS) is 13.2. The van der Waals surface area contributed by atoms with Crippen molar-refractivity contribution in [2.75, 3.05) is 22.1 Å². The van der Waals surface area contributed by atoms with Crippen LogP contribution in [0.4, 0.5) is 17.1 Å². The second-order valence-corrected chi connectivity index (χ2v) is 9.98. The number of halogens is 1. The highest BCUT2D eigenvalue weighted by Crippen LogP contribution is 2.30. The first kappa shape index (κ1) is 28.6. The minimum atomic E-state index is -0.688. The third-order valence-corrected chi connectivity index (χ3v) is 6.72. The second-order valence-electron chi connectivity index (χ2n) is 9.60. The molecule has 0 fully saturated rings. The molecule has 3 aromatic carbocycles. The van der Waals surface area contributed by atoms with Gasteiger partial charge in [0.15, 0.2) is 0 Å². The van der Waals surface area contributed by atoms with Crippen molar-refractivity contribution < 1.29 is 23.9 Å². The first-order chi connectivity index (χ1) is 19.2. The predicted octanol–water partition coefficient (Wildman–Crippen LogP) is 6.45. The molecule has 3 aromatic rings. The summed E-state index contributed by atoms with van der Waals surface area (Å²) in [6.07, 6.45) is 1.67. The Balaban J connectivity index is 1.40. The van der Waals surface area contributed by atoms with Crippen molar-refractivity contribution in [1.82, 2.24) is 0 Å². The number of ether oxygens (including phenoxy) is 1. The molecule has 1 aliphatic heterocycles. The van der Waals surface area contributed by atoms with E-state index < -0.39 is 17.8 Å². The Morgan fingerprint density at radius 2 is 1.45 bits per heavy atom. The van der Waals surface area contributed by atoms with E-state index in [1.54, 1.807) is 24.3 Å². The molecule has 0 aromatic heterocycles. The maximum absolute atomic E-state index is 13.1. The lowest BCUT2D eigenvalue weighted by molar-refractivity contribution is -0.120. The van der Waals surface area contributed by atoms with Gasteiger partial charge in [0.25, 0.3) is 17.7 Å². The summed E-state index contributed by atoms with van der Waals surface area (Å²) < 4.78 is 5.19. The number of hydrogen-bond acceptors (Lipinski definition) is 6. The van der Waals surface area contributed by atoms with Crippen molar-refractivity contribution >= 4 is 52.4 Å². The van der Waals surface area contributed by atoms with Crippen LogP contribution in [0.15, 0.2) is 83.5 Å². The standard InChI is InChI=1S/C31H30ClN3O5/c1-4-5-18-40-31(39)22-10-16-25(17-11-22)35-29(37)26(32)27(30(35)38)33-23-14-8-21(9-15-23)28(36)34-24-12-6-20(7-13-24)19(2)3/h6-17,19,33H,4-5,18H2,1-3H3,(H,34,36). The number of nitrogens with zero attached hydrogens (tertiary/aromatic N) is 1. The summed E-state index contributed by atoms with van der Waals surface area (Å²) in [7, 11) is 0. The van der Waals surface area contributed by atoms with Crippen LogP contribution >= 0.6 is 11.6 Å². The molecule has 0 aliphatic carbocycles. The van der Waals surface area contributed by atoms with Gasteiger partial charge in [-0.1, -0.05) is 50.9 Å². The summed E-state index contributed by atoms with van der Waals surface area (Å²) >= 11 is 6.24. The molecule has 1 aliphatic rings. The minimum Gasteiger partial charge on any atom is -0.462 e. The van der Waals surface area contributed by atoms with Gasteiger partial charge in [-0.3, -0.25) is 14.4 Å². The fourth-order valence-corrected chi connectivity index (χ4v) is 4.20. The number of imide groups is 1. The lowest BCUT2D eigenvalue weighted by Crippen LogP contribution is -2.32. The van der Waals surface area contributed by atoms with Gasteiger partial charge in [0.2, 0.25) is 0 Å². The van der Waals surface area contributed by atoms with E-state index in [-0.39, 0.29) is 22.3 Å². The Bertz CT molecular complexity index is 1450. The van der Waals surface area contributed by atoms with Gasteiger partial charge in [-0.05, 0) is 78.6 Å². The van der Waals surface area contributed by atoms with Crippen molar-refractivity contribution in [1.29, 1.82) is 0 Å². The van der Waals surface area contributed by atoms with Gasteiger partial charge in [-0.25, -0.2) is 9.69 Å². The largest absolute Gasteiger partial charge is 0.462 e. The number of amides is 3. The lowest BCUT2D eigenvalue weighted by atomic mass is 10.0. The molecule has 206 valence electrons. The van der Waals surface area contributed by atoms with Gasteiger partial charge in [0.1, 0.15) is 10.7 Å². The van der Waals surface area contributed by atoms with E-state index in [0.717, 1.165) is 17.7 Å². The third kappa shape index (κ3) is 6.40. The molecule has 0 saturated carbocycles. The highest BCUT2D eigenvalue weighted by molar-refractivity contribution is 6.53. The lowest BCUT2D eigenvalue weighted by Gasteiger charge is -2.15. The third-order valence-electron chi connectivity index (χ3n) is 6.37. The molecular formula is C31H30ClN3O5. The van der Waals surface area contributed by atoms with Crippen LogP contribution in [-0.2, 0) is 14.3 Å². The predicted molar refractivity (Wildman–Crippen MR) is 156 cm³/mol. The minimum absolute atomic E-state index is 0.0860. The zero-order valence-electron chi connectivity index (χ0n) is 22.5. The van der Waals surface area contributed by atoms with Gasteiger partial charge in [0, 0.05) is 16.9 Å². The zero-order valence-corrected chi connectivity index (χ0v) is 23.2. The topological polar surface area (TPSA) is 105 Å². The Hall–Kier alpha value is -4.43. The van der Waals surface area contributed by atoms with Crippen LogP contribution in [-0.4, -0.2) is 30.3 Å². The molecule has 2 N–H and O–H groups in total. The van der Waals surface area contributed by atoms with Crippen molar-refractivity contribution in [3.8, 4) is 0 Å². The fourth-order valence-electron chi connectivity index (χ4n) is 3.99. The zero-order chi connectivity index (χ0) is 28.8. The summed E-state index contributed by atoms with van der Waals surface area (Å²) in [6.45, 7) is 6.53. The van der Waals surface area contributed by atoms with Crippen LogP contribution in [0.5, 0.6) is 0 Å².